The van der Waals surface area contributed by atoms with Crippen LogP contribution in [0.2, 0.25) is 5.02 Å². The van der Waals surface area contributed by atoms with Crippen LogP contribution in [0.4, 0.5) is 5.95 Å². The van der Waals surface area contributed by atoms with Crippen LogP contribution in [0.15, 0.2) is 47.4 Å². The molecule has 28 heavy (non-hydrogen) atoms. The number of H-pyrrole nitrogens is 1. The zero-order valence-electron chi connectivity index (χ0n) is 15.5. The molecule has 2 N–H and O–H groups in total. The van der Waals surface area contributed by atoms with Gasteiger partial charge in [0.1, 0.15) is 11.5 Å². The second-order valence-electron chi connectivity index (χ2n) is 5.75. The number of thioether (sulfide) groups is 1. The van der Waals surface area contributed by atoms with E-state index >= 15 is 0 Å². The molecule has 7 nitrogen and oxygen atoms in total. The first-order chi connectivity index (χ1) is 13.5. The Bertz CT molecular complexity index is 979. The third kappa shape index (κ3) is 4.58. The highest BCUT2D eigenvalue weighted by Gasteiger charge is 2.19. The maximum atomic E-state index is 12.5. The Morgan fingerprint density at radius 2 is 2.00 bits per heavy atom. The lowest BCUT2D eigenvalue weighted by Gasteiger charge is -2.11. The van der Waals surface area contributed by atoms with Gasteiger partial charge in [-0.05, 0) is 31.2 Å². The predicted molar refractivity (Wildman–Crippen MR) is 110 cm³/mol. The number of hydrogen-bond acceptors (Lipinski definition) is 6. The Hall–Kier alpha value is -2.71. The summed E-state index contributed by atoms with van der Waals surface area (Å²) in [5.41, 5.74) is 0.704. The van der Waals surface area contributed by atoms with Crippen LogP contribution < -0.4 is 14.8 Å². The number of carbonyl (C=O) groups excluding carboxylic acids is 1. The number of anilines is 1. The number of ether oxygens (including phenoxy) is 2. The average molecular weight is 419 g/mol. The van der Waals surface area contributed by atoms with Crippen molar-refractivity contribution in [2.75, 3.05) is 19.5 Å². The van der Waals surface area contributed by atoms with Crippen molar-refractivity contribution < 1.29 is 14.3 Å². The summed E-state index contributed by atoms with van der Waals surface area (Å²) in [7, 11) is 3.14. The van der Waals surface area contributed by atoms with Crippen molar-refractivity contribution in [3.05, 3.63) is 47.5 Å². The zero-order chi connectivity index (χ0) is 20.1. The van der Waals surface area contributed by atoms with Crippen LogP contribution in [-0.4, -0.2) is 40.6 Å². The number of nitrogens with zero attached hydrogens (tertiary/aromatic N) is 2. The standard InChI is InChI=1S/C19H19ClN4O3S/c1-11(28-16-7-5-4-6-14(16)20)18(25)22-19-21-17(23-24-19)13-9-8-12(26-2)10-15(13)27-3/h4-11H,1-3H3,(H2,21,22,23,24,25). The molecular weight excluding hydrogens is 400 g/mol. The van der Waals surface area contributed by atoms with Crippen LogP contribution in [0, 0.1) is 0 Å². The Morgan fingerprint density at radius 3 is 2.71 bits per heavy atom. The van der Waals surface area contributed by atoms with E-state index in [4.69, 9.17) is 21.1 Å². The molecule has 3 aromatic rings. The number of amides is 1. The van der Waals surface area contributed by atoms with Crippen molar-refractivity contribution >= 4 is 35.2 Å². The molecule has 1 heterocycles. The molecule has 9 heteroatoms. The first-order valence-electron chi connectivity index (χ1n) is 8.38. The zero-order valence-corrected chi connectivity index (χ0v) is 17.1. The van der Waals surface area contributed by atoms with E-state index in [1.807, 2.05) is 18.2 Å². The molecule has 146 valence electrons. The number of carbonyl (C=O) groups is 1. The summed E-state index contributed by atoms with van der Waals surface area (Å²) in [6.07, 6.45) is 0. The summed E-state index contributed by atoms with van der Waals surface area (Å²) < 4.78 is 10.6. The normalized spacial score (nSPS) is 11.7. The minimum atomic E-state index is -0.377. The van der Waals surface area contributed by atoms with Crippen LogP contribution in [0.25, 0.3) is 11.4 Å². The molecule has 0 bridgehead atoms. The number of halogens is 1. The molecule has 0 aliphatic heterocycles. The molecule has 0 fully saturated rings. The summed E-state index contributed by atoms with van der Waals surface area (Å²) in [4.78, 5) is 17.6. The minimum Gasteiger partial charge on any atom is -0.497 e. The molecule has 1 unspecified atom stereocenters. The van der Waals surface area contributed by atoms with Gasteiger partial charge in [0.25, 0.3) is 0 Å². The Balaban J connectivity index is 1.70. The van der Waals surface area contributed by atoms with E-state index < -0.39 is 0 Å². The lowest BCUT2D eigenvalue weighted by Crippen LogP contribution is -2.23. The molecule has 3 rings (SSSR count). The van der Waals surface area contributed by atoms with E-state index in [1.165, 1.54) is 11.8 Å². The molecular formula is C19H19ClN4O3S. The number of aromatic nitrogens is 3. The molecule has 0 radical (unpaired) electrons. The molecule has 0 saturated carbocycles. The van der Waals surface area contributed by atoms with E-state index in [0.717, 1.165) is 4.90 Å². The van der Waals surface area contributed by atoms with Crippen molar-refractivity contribution in [3.63, 3.8) is 0 Å². The third-order valence-corrected chi connectivity index (χ3v) is 5.51. The molecule has 1 atom stereocenters. The van der Waals surface area contributed by atoms with Gasteiger partial charge in [-0.1, -0.05) is 23.7 Å². The Kier molecular flexibility index (Phi) is 6.43. The highest BCUT2D eigenvalue weighted by molar-refractivity contribution is 8.00. The van der Waals surface area contributed by atoms with Gasteiger partial charge in [-0.25, -0.2) is 0 Å². The SMILES string of the molecule is COc1ccc(-c2nc(NC(=O)C(C)Sc3ccccc3Cl)n[nH]2)c(OC)c1. The largest absolute Gasteiger partial charge is 0.497 e. The van der Waals surface area contributed by atoms with Crippen molar-refractivity contribution in [2.24, 2.45) is 0 Å². The summed E-state index contributed by atoms with van der Waals surface area (Å²) in [6.45, 7) is 1.80. The van der Waals surface area contributed by atoms with Crippen LogP contribution in [0.3, 0.4) is 0 Å². The highest BCUT2D eigenvalue weighted by Crippen LogP contribution is 2.32. The molecule has 0 saturated heterocycles. The van der Waals surface area contributed by atoms with Gasteiger partial charge < -0.3 is 9.47 Å². The highest BCUT2D eigenvalue weighted by atomic mass is 35.5. The second-order valence-corrected chi connectivity index (χ2v) is 7.54. The van der Waals surface area contributed by atoms with E-state index in [9.17, 15) is 4.79 Å². The lowest BCUT2D eigenvalue weighted by atomic mass is 10.2. The number of methoxy groups -OCH3 is 2. The van der Waals surface area contributed by atoms with Gasteiger partial charge in [-0.2, -0.15) is 4.98 Å². The fraction of sp³-hybridized carbons (Fsp3) is 0.211. The lowest BCUT2D eigenvalue weighted by molar-refractivity contribution is -0.115. The Morgan fingerprint density at radius 1 is 1.21 bits per heavy atom. The van der Waals surface area contributed by atoms with Crippen LogP contribution in [0.1, 0.15) is 6.92 Å². The van der Waals surface area contributed by atoms with Gasteiger partial charge in [0, 0.05) is 11.0 Å². The fourth-order valence-corrected chi connectivity index (χ4v) is 3.58. The number of benzene rings is 2. The topological polar surface area (TPSA) is 89.1 Å². The van der Waals surface area contributed by atoms with Crippen molar-refractivity contribution in [2.45, 2.75) is 17.1 Å². The number of nitrogens with one attached hydrogen (secondary N) is 2. The molecule has 1 aromatic heterocycles. The monoisotopic (exact) mass is 418 g/mol. The first kappa shape index (κ1) is 20.0. The van der Waals surface area contributed by atoms with E-state index in [1.54, 1.807) is 45.4 Å². The fourth-order valence-electron chi connectivity index (χ4n) is 2.43. The quantitative estimate of drug-likeness (QED) is 0.557. The van der Waals surface area contributed by atoms with Gasteiger partial charge in [-0.3, -0.25) is 15.2 Å². The minimum absolute atomic E-state index is 0.185. The second kappa shape index (κ2) is 8.99. The molecule has 0 spiro atoms. The summed E-state index contributed by atoms with van der Waals surface area (Å²) in [5, 5.41) is 9.82. The summed E-state index contributed by atoms with van der Waals surface area (Å²) in [5.74, 6) is 1.68. The average Bonchev–Trinajstić information content (AvgIpc) is 3.17. The van der Waals surface area contributed by atoms with E-state index in [0.29, 0.717) is 27.9 Å². The summed E-state index contributed by atoms with van der Waals surface area (Å²) >= 11 is 7.52. The number of rotatable bonds is 7. The van der Waals surface area contributed by atoms with Crippen molar-refractivity contribution in [1.29, 1.82) is 0 Å². The molecule has 2 aromatic carbocycles. The molecule has 0 aliphatic rings. The van der Waals surface area contributed by atoms with E-state index in [2.05, 4.69) is 20.5 Å². The Labute approximate surface area is 171 Å². The van der Waals surface area contributed by atoms with Crippen LogP contribution >= 0.6 is 23.4 Å². The number of hydrogen-bond donors (Lipinski definition) is 2. The van der Waals surface area contributed by atoms with Gasteiger partial charge in [0.15, 0.2) is 5.82 Å². The van der Waals surface area contributed by atoms with Crippen LogP contribution in [0.5, 0.6) is 11.5 Å². The number of aromatic amines is 1. The summed E-state index contributed by atoms with van der Waals surface area (Å²) in [6, 6.07) is 12.7. The maximum absolute atomic E-state index is 12.5. The predicted octanol–water partition coefficient (Wildman–Crippen LogP) is 4.26. The maximum Gasteiger partial charge on any atom is 0.249 e. The van der Waals surface area contributed by atoms with Crippen LogP contribution in [-0.2, 0) is 4.79 Å². The van der Waals surface area contributed by atoms with Crippen molar-refractivity contribution in [3.8, 4) is 22.9 Å². The van der Waals surface area contributed by atoms with Gasteiger partial charge in [0.05, 0.1) is 30.1 Å². The van der Waals surface area contributed by atoms with Gasteiger partial charge in [0.2, 0.25) is 11.9 Å². The first-order valence-corrected chi connectivity index (χ1v) is 9.64. The van der Waals surface area contributed by atoms with Crippen molar-refractivity contribution in [1.82, 2.24) is 15.2 Å². The third-order valence-electron chi connectivity index (χ3n) is 3.89. The van der Waals surface area contributed by atoms with Gasteiger partial charge in [-0.15, -0.1) is 16.9 Å². The smallest absolute Gasteiger partial charge is 0.249 e. The molecule has 1 amide bonds. The molecule has 0 aliphatic carbocycles. The van der Waals surface area contributed by atoms with Gasteiger partial charge >= 0.3 is 0 Å². The van der Waals surface area contributed by atoms with E-state index in [-0.39, 0.29) is 17.1 Å².